The maximum atomic E-state index is 12.1. The van der Waals surface area contributed by atoms with E-state index >= 15 is 0 Å². The van der Waals surface area contributed by atoms with E-state index in [1.165, 1.54) is 6.42 Å². The van der Waals surface area contributed by atoms with E-state index in [1.54, 1.807) is 0 Å². The average molecular weight is 369 g/mol. The first kappa shape index (κ1) is 24.4. The van der Waals surface area contributed by atoms with Crippen LogP contribution in [0.3, 0.4) is 0 Å². The van der Waals surface area contributed by atoms with Crippen molar-refractivity contribution >= 4 is 11.6 Å². The van der Waals surface area contributed by atoms with Gasteiger partial charge in [0.1, 0.15) is 17.1 Å². The predicted octanol–water partition coefficient (Wildman–Crippen LogP) is 4.66. The molecule has 0 saturated heterocycles. The smallest absolute Gasteiger partial charge is 0.206 e. The fourth-order valence-electron chi connectivity index (χ4n) is 2.24. The van der Waals surface area contributed by atoms with Crippen LogP contribution in [0.15, 0.2) is 22.7 Å². The molecule has 0 spiro atoms. The maximum Gasteiger partial charge on any atom is 0.206 e. The minimum absolute atomic E-state index is 0.0290. The molecular weight excluding hydrogens is 332 g/mol. The Morgan fingerprint density at radius 1 is 1.00 bits per heavy atom. The van der Waals surface area contributed by atoms with Gasteiger partial charge in [0.15, 0.2) is 11.9 Å². The SMILES string of the molecule is CC(C)CCC1=C(O)C(O)C(=O)C(C(=O)CC(C)C)=C1O.CCC(C)C. The van der Waals surface area contributed by atoms with Gasteiger partial charge in [-0.25, -0.2) is 0 Å². The lowest BCUT2D eigenvalue weighted by Gasteiger charge is -2.23. The van der Waals surface area contributed by atoms with E-state index in [2.05, 4.69) is 20.8 Å². The number of hydrogen-bond acceptors (Lipinski definition) is 5. The summed E-state index contributed by atoms with van der Waals surface area (Å²) in [5.74, 6) is -1.21. The average Bonchev–Trinajstić information content (AvgIpc) is 2.52. The highest BCUT2D eigenvalue weighted by molar-refractivity contribution is 6.23. The molecule has 3 N–H and O–H groups in total. The molecule has 0 aliphatic heterocycles. The molecule has 5 nitrogen and oxygen atoms in total. The van der Waals surface area contributed by atoms with E-state index in [4.69, 9.17) is 0 Å². The van der Waals surface area contributed by atoms with Crippen LogP contribution in [-0.4, -0.2) is 33.0 Å². The van der Waals surface area contributed by atoms with Crippen LogP contribution in [0.25, 0.3) is 0 Å². The first-order valence-corrected chi connectivity index (χ1v) is 9.54. The first-order chi connectivity index (χ1) is 11.9. The van der Waals surface area contributed by atoms with Gasteiger partial charge in [-0.3, -0.25) is 9.59 Å². The molecule has 0 bridgehead atoms. The van der Waals surface area contributed by atoms with Gasteiger partial charge in [0.05, 0.1) is 0 Å². The van der Waals surface area contributed by atoms with Crippen LogP contribution in [0.1, 0.15) is 74.1 Å². The molecule has 1 atom stereocenters. The van der Waals surface area contributed by atoms with Gasteiger partial charge in [0, 0.05) is 12.0 Å². The molecule has 0 heterocycles. The summed E-state index contributed by atoms with van der Waals surface area (Å²) in [7, 11) is 0. The number of aliphatic hydroxyl groups excluding tert-OH is 3. The monoisotopic (exact) mass is 368 g/mol. The van der Waals surface area contributed by atoms with Gasteiger partial charge >= 0.3 is 0 Å². The highest BCUT2D eigenvalue weighted by Gasteiger charge is 2.38. The molecular formula is C21H36O5. The first-order valence-electron chi connectivity index (χ1n) is 9.54. The lowest BCUT2D eigenvalue weighted by molar-refractivity contribution is -0.127. The number of allylic oxidation sites excluding steroid dienone is 1. The van der Waals surface area contributed by atoms with Crippen LogP contribution in [0, 0.1) is 17.8 Å². The highest BCUT2D eigenvalue weighted by atomic mass is 16.3. The van der Waals surface area contributed by atoms with Crippen molar-refractivity contribution in [2.45, 2.75) is 80.3 Å². The number of ketones is 2. The summed E-state index contributed by atoms with van der Waals surface area (Å²) < 4.78 is 0. The van der Waals surface area contributed by atoms with E-state index in [9.17, 15) is 24.9 Å². The lowest BCUT2D eigenvalue weighted by atomic mass is 9.85. The Hall–Kier alpha value is -1.62. The van der Waals surface area contributed by atoms with Gasteiger partial charge in [-0.05, 0) is 30.6 Å². The van der Waals surface area contributed by atoms with E-state index in [1.807, 2.05) is 27.7 Å². The fraction of sp³-hybridized carbons (Fsp3) is 0.714. The summed E-state index contributed by atoms with van der Waals surface area (Å²) in [6.45, 7) is 14.3. The van der Waals surface area contributed by atoms with Crippen molar-refractivity contribution in [1.29, 1.82) is 0 Å². The van der Waals surface area contributed by atoms with Crippen LogP contribution < -0.4 is 0 Å². The number of aliphatic hydroxyl groups is 3. The van der Waals surface area contributed by atoms with Crippen molar-refractivity contribution in [2.24, 2.45) is 17.8 Å². The summed E-state index contributed by atoms with van der Waals surface area (Å²) >= 11 is 0. The minimum atomic E-state index is -1.76. The molecule has 0 fully saturated rings. The van der Waals surface area contributed by atoms with Crippen molar-refractivity contribution in [1.82, 2.24) is 0 Å². The summed E-state index contributed by atoms with van der Waals surface area (Å²) in [5, 5.41) is 29.9. The molecule has 26 heavy (non-hydrogen) atoms. The molecule has 0 radical (unpaired) electrons. The summed E-state index contributed by atoms with van der Waals surface area (Å²) in [4.78, 5) is 24.1. The Bertz CT molecular complexity index is 553. The third-order valence-corrected chi connectivity index (χ3v) is 4.25. The van der Waals surface area contributed by atoms with Crippen LogP contribution in [0.2, 0.25) is 0 Å². The Balaban J connectivity index is 0.00000110. The third-order valence-electron chi connectivity index (χ3n) is 4.25. The normalized spacial score (nSPS) is 18.0. The van der Waals surface area contributed by atoms with E-state index < -0.39 is 29.2 Å². The van der Waals surface area contributed by atoms with Crippen LogP contribution in [-0.2, 0) is 9.59 Å². The lowest BCUT2D eigenvalue weighted by Crippen LogP contribution is -2.34. The van der Waals surface area contributed by atoms with E-state index in [-0.39, 0.29) is 23.5 Å². The topological polar surface area (TPSA) is 94.8 Å². The van der Waals surface area contributed by atoms with Gasteiger partial charge in [0.2, 0.25) is 5.78 Å². The molecule has 1 rings (SSSR count). The zero-order chi connectivity index (χ0) is 20.6. The number of rotatable bonds is 7. The number of carbonyl (C=O) groups excluding carboxylic acids is 2. The zero-order valence-corrected chi connectivity index (χ0v) is 17.3. The van der Waals surface area contributed by atoms with Gasteiger partial charge in [-0.1, -0.05) is 54.9 Å². The Labute approximate surface area is 157 Å². The molecule has 0 saturated carbocycles. The zero-order valence-electron chi connectivity index (χ0n) is 17.3. The molecule has 1 unspecified atom stereocenters. The standard InChI is InChI=1S/C16H24O5.C5H12/c1-8(2)5-6-10-13(18)12(11(17)7-9(3)4)15(20)16(21)14(10)19;1-4-5(2)3/h8-9,16,18-19,21H,5-7H2,1-4H3;5H,4H2,1-3H3. The van der Waals surface area contributed by atoms with Crippen LogP contribution in [0.5, 0.6) is 0 Å². The molecule has 150 valence electrons. The van der Waals surface area contributed by atoms with Crippen molar-refractivity contribution in [2.75, 3.05) is 0 Å². The Morgan fingerprint density at radius 2 is 1.50 bits per heavy atom. The summed E-state index contributed by atoms with van der Waals surface area (Å²) in [6.07, 6.45) is 0.624. The second kappa shape index (κ2) is 11.2. The largest absolute Gasteiger partial charge is 0.509 e. The fourth-order valence-corrected chi connectivity index (χ4v) is 2.24. The van der Waals surface area contributed by atoms with Crippen molar-refractivity contribution in [3.05, 3.63) is 22.7 Å². The van der Waals surface area contributed by atoms with Crippen molar-refractivity contribution < 1.29 is 24.9 Å². The van der Waals surface area contributed by atoms with Crippen LogP contribution in [0.4, 0.5) is 0 Å². The van der Waals surface area contributed by atoms with Gasteiger partial charge in [0.25, 0.3) is 0 Å². The number of Topliss-reactive ketones (excluding diaryl/α,β-unsaturated/α-hetero) is 2. The number of carbonyl (C=O) groups is 2. The molecule has 0 aromatic rings. The summed E-state index contributed by atoms with van der Waals surface area (Å²) in [6, 6.07) is 0. The van der Waals surface area contributed by atoms with Crippen LogP contribution >= 0.6 is 0 Å². The van der Waals surface area contributed by atoms with E-state index in [0.29, 0.717) is 18.8 Å². The van der Waals surface area contributed by atoms with Gasteiger partial charge < -0.3 is 15.3 Å². The molecule has 0 aromatic carbocycles. The van der Waals surface area contributed by atoms with E-state index in [0.717, 1.165) is 5.92 Å². The second-order valence-corrected chi connectivity index (χ2v) is 8.11. The molecule has 0 amide bonds. The Morgan fingerprint density at radius 3 is 1.88 bits per heavy atom. The quantitative estimate of drug-likeness (QED) is 0.568. The highest BCUT2D eigenvalue weighted by Crippen LogP contribution is 2.31. The maximum absolute atomic E-state index is 12.1. The van der Waals surface area contributed by atoms with Crippen molar-refractivity contribution in [3.63, 3.8) is 0 Å². The molecule has 1 aliphatic carbocycles. The Kier molecular flexibility index (Phi) is 10.5. The molecule has 5 heteroatoms. The second-order valence-electron chi connectivity index (χ2n) is 8.11. The van der Waals surface area contributed by atoms with Gasteiger partial charge in [-0.2, -0.15) is 0 Å². The summed E-state index contributed by atoms with van der Waals surface area (Å²) in [5.41, 5.74) is -0.282. The molecule has 0 aromatic heterocycles. The predicted molar refractivity (Wildman–Crippen MR) is 104 cm³/mol. The minimum Gasteiger partial charge on any atom is -0.509 e. The third kappa shape index (κ3) is 7.32. The van der Waals surface area contributed by atoms with Crippen molar-refractivity contribution in [3.8, 4) is 0 Å². The molecule has 1 aliphatic rings. The number of hydrogen-bond donors (Lipinski definition) is 3. The van der Waals surface area contributed by atoms with Gasteiger partial charge in [-0.15, -0.1) is 0 Å².